The smallest absolute Gasteiger partial charge is 0.228 e. The third kappa shape index (κ3) is 4.15. The van der Waals surface area contributed by atoms with Gasteiger partial charge in [0.2, 0.25) is 11.8 Å². The molecule has 0 bridgehead atoms. The summed E-state index contributed by atoms with van der Waals surface area (Å²) in [6.45, 7) is 1.98. The van der Waals surface area contributed by atoms with E-state index in [-0.39, 0.29) is 23.7 Å². The van der Waals surface area contributed by atoms with E-state index in [0.717, 1.165) is 28.4 Å². The molecule has 21 heavy (non-hydrogen) atoms. The number of hydrogen-bond acceptors (Lipinski definition) is 3. The Bertz CT molecular complexity index is 548. The Morgan fingerprint density at radius 2 is 1.95 bits per heavy atom. The van der Waals surface area contributed by atoms with Crippen LogP contribution in [0.15, 0.2) is 12.3 Å². The van der Waals surface area contributed by atoms with Gasteiger partial charge in [-0.15, -0.1) is 0 Å². The van der Waals surface area contributed by atoms with E-state index < -0.39 is 0 Å². The zero-order valence-electron chi connectivity index (χ0n) is 12.3. The summed E-state index contributed by atoms with van der Waals surface area (Å²) in [5.74, 6) is 0.427. The molecule has 1 aromatic rings. The lowest BCUT2D eigenvalue weighted by molar-refractivity contribution is -0.127. The Balaban J connectivity index is 1.99. The number of aryl methyl sites for hydroxylation is 1. The molecule has 1 aliphatic rings. The predicted molar refractivity (Wildman–Crippen MR) is 89.8 cm³/mol. The Kier molecular flexibility index (Phi) is 5.55. The zero-order valence-corrected chi connectivity index (χ0v) is 14.4. The molecular formula is C15H20IN3O2. The first-order valence-electron chi connectivity index (χ1n) is 7.16. The highest BCUT2D eigenvalue weighted by molar-refractivity contribution is 14.1. The van der Waals surface area contributed by atoms with Crippen molar-refractivity contribution in [1.29, 1.82) is 0 Å². The van der Waals surface area contributed by atoms with Crippen molar-refractivity contribution in [1.82, 2.24) is 10.3 Å². The number of pyridine rings is 1. The number of nitrogens with zero attached hydrogens (tertiary/aromatic N) is 1. The van der Waals surface area contributed by atoms with Gasteiger partial charge in [-0.3, -0.25) is 9.59 Å². The lowest BCUT2D eigenvalue weighted by atomic mass is 9.80. The molecule has 2 amide bonds. The zero-order chi connectivity index (χ0) is 15.4. The van der Waals surface area contributed by atoms with Crippen LogP contribution in [-0.4, -0.2) is 23.8 Å². The van der Waals surface area contributed by atoms with E-state index in [1.165, 1.54) is 0 Å². The van der Waals surface area contributed by atoms with E-state index >= 15 is 0 Å². The molecule has 6 heteroatoms. The molecule has 0 radical (unpaired) electrons. The van der Waals surface area contributed by atoms with Crippen LogP contribution in [0.25, 0.3) is 0 Å². The third-order valence-electron chi connectivity index (χ3n) is 3.95. The van der Waals surface area contributed by atoms with Gasteiger partial charge in [-0.1, -0.05) is 6.42 Å². The molecule has 2 N–H and O–H groups in total. The Labute approximate surface area is 138 Å². The van der Waals surface area contributed by atoms with Gasteiger partial charge in [0.1, 0.15) is 5.82 Å². The van der Waals surface area contributed by atoms with Gasteiger partial charge in [-0.25, -0.2) is 4.98 Å². The second-order valence-corrected chi connectivity index (χ2v) is 6.64. The average Bonchev–Trinajstić information content (AvgIpc) is 2.50. The Hall–Kier alpha value is -1.18. The summed E-state index contributed by atoms with van der Waals surface area (Å²) in [5.41, 5.74) is 1.09. The minimum absolute atomic E-state index is 0.0317. The molecule has 1 fully saturated rings. The fraction of sp³-hybridized carbons (Fsp3) is 0.533. The monoisotopic (exact) mass is 401 g/mol. The van der Waals surface area contributed by atoms with Crippen LogP contribution in [0.4, 0.5) is 5.82 Å². The number of halogens is 1. The average molecular weight is 401 g/mol. The number of carbonyl (C=O) groups is 2. The molecule has 114 valence electrons. The van der Waals surface area contributed by atoms with Crippen LogP contribution in [0.3, 0.4) is 0 Å². The topological polar surface area (TPSA) is 71.1 Å². The molecule has 2 rings (SSSR count). The van der Waals surface area contributed by atoms with Crippen molar-refractivity contribution in [2.45, 2.75) is 32.6 Å². The van der Waals surface area contributed by atoms with Crippen LogP contribution in [0.2, 0.25) is 0 Å². The fourth-order valence-electron chi connectivity index (χ4n) is 2.67. The van der Waals surface area contributed by atoms with Gasteiger partial charge in [-0.05, 0) is 60.4 Å². The quantitative estimate of drug-likeness (QED) is 0.765. The second-order valence-electron chi connectivity index (χ2n) is 5.48. The van der Waals surface area contributed by atoms with Crippen molar-refractivity contribution in [3.8, 4) is 0 Å². The largest absolute Gasteiger partial charge is 0.359 e. The summed E-state index contributed by atoms with van der Waals surface area (Å²) in [6, 6.07) is 1.87. The Morgan fingerprint density at radius 3 is 2.57 bits per heavy atom. The van der Waals surface area contributed by atoms with Crippen molar-refractivity contribution < 1.29 is 9.59 Å². The SMILES string of the molecule is CNC(=O)C1CCCC(C(=O)Nc2cc(I)c(C)cn2)C1. The highest BCUT2D eigenvalue weighted by atomic mass is 127. The summed E-state index contributed by atoms with van der Waals surface area (Å²) in [7, 11) is 1.64. The fourth-order valence-corrected chi connectivity index (χ4v) is 3.10. The van der Waals surface area contributed by atoms with E-state index in [4.69, 9.17) is 0 Å². The molecule has 2 unspecified atom stereocenters. The molecule has 2 atom stereocenters. The minimum Gasteiger partial charge on any atom is -0.359 e. The Morgan fingerprint density at radius 1 is 1.29 bits per heavy atom. The number of anilines is 1. The van der Waals surface area contributed by atoms with Gasteiger partial charge in [0.15, 0.2) is 0 Å². The van der Waals surface area contributed by atoms with Gasteiger partial charge >= 0.3 is 0 Å². The van der Waals surface area contributed by atoms with Gasteiger partial charge in [-0.2, -0.15) is 0 Å². The van der Waals surface area contributed by atoms with Crippen molar-refractivity contribution in [2.75, 3.05) is 12.4 Å². The molecule has 1 aliphatic carbocycles. The molecule has 1 heterocycles. The maximum Gasteiger partial charge on any atom is 0.228 e. The molecule has 1 saturated carbocycles. The van der Waals surface area contributed by atoms with Crippen LogP contribution >= 0.6 is 22.6 Å². The molecule has 0 saturated heterocycles. The number of amides is 2. The van der Waals surface area contributed by atoms with Gasteiger partial charge in [0.05, 0.1) is 0 Å². The lowest BCUT2D eigenvalue weighted by Crippen LogP contribution is -2.35. The first-order chi connectivity index (χ1) is 10.0. The van der Waals surface area contributed by atoms with Crippen molar-refractivity contribution in [3.63, 3.8) is 0 Å². The normalized spacial score (nSPS) is 21.7. The summed E-state index contributed by atoms with van der Waals surface area (Å²) >= 11 is 2.22. The maximum atomic E-state index is 12.3. The summed E-state index contributed by atoms with van der Waals surface area (Å²) in [5, 5.41) is 5.54. The highest BCUT2D eigenvalue weighted by Gasteiger charge is 2.30. The van der Waals surface area contributed by atoms with Crippen LogP contribution < -0.4 is 10.6 Å². The van der Waals surface area contributed by atoms with Crippen LogP contribution in [-0.2, 0) is 9.59 Å². The molecule has 1 aromatic heterocycles. The highest BCUT2D eigenvalue weighted by Crippen LogP contribution is 2.30. The first-order valence-corrected chi connectivity index (χ1v) is 8.23. The van der Waals surface area contributed by atoms with Gasteiger partial charge < -0.3 is 10.6 Å². The molecule has 5 nitrogen and oxygen atoms in total. The molecular weight excluding hydrogens is 381 g/mol. The summed E-state index contributed by atoms with van der Waals surface area (Å²) < 4.78 is 1.07. The molecule has 0 aliphatic heterocycles. The third-order valence-corrected chi connectivity index (χ3v) is 5.11. The second kappa shape index (κ2) is 7.20. The molecule has 0 spiro atoms. The first kappa shape index (κ1) is 16.2. The van der Waals surface area contributed by atoms with Crippen molar-refractivity contribution >= 4 is 40.2 Å². The van der Waals surface area contributed by atoms with E-state index in [0.29, 0.717) is 12.2 Å². The number of hydrogen-bond donors (Lipinski definition) is 2. The number of carbonyl (C=O) groups excluding carboxylic acids is 2. The van der Waals surface area contributed by atoms with Crippen LogP contribution in [0.1, 0.15) is 31.2 Å². The van der Waals surface area contributed by atoms with E-state index in [2.05, 4.69) is 38.2 Å². The van der Waals surface area contributed by atoms with Crippen LogP contribution in [0, 0.1) is 22.3 Å². The van der Waals surface area contributed by atoms with Crippen LogP contribution in [0.5, 0.6) is 0 Å². The standard InChI is InChI=1S/C15H20IN3O2/c1-9-8-18-13(7-12(9)16)19-15(21)11-5-3-4-10(6-11)14(20)17-2/h7-8,10-11H,3-6H2,1-2H3,(H,17,20)(H,18,19,21). The van der Waals surface area contributed by atoms with E-state index in [9.17, 15) is 9.59 Å². The van der Waals surface area contributed by atoms with Crippen molar-refractivity contribution in [3.05, 3.63) is 21.4 Å². The van der Waals surface area contributed by atoms with Gasteiger partial charge in [0, 0.05) is 28.7 Å². The van der Waals surface area contributed by atoms with E-state index in [1.54, 1.807) is 13.2 Å². The predicted octanol–water partition coefficient (Wildman–Crippen LogP) is 2.49. The van der Waals surface area contributed by atoms with E-state index in [1.807, 2.05) is 13.0 Å². The number of rotatable bonds is 3. The number of aromatic nitrogens is 1. The van der Waals surface area contributed by atoms with Crippen molar-refractivity contribution in [2.24, 2.45) is 11.8 Å². The summed E-state index contributed by atoms with van der Waals surface area (Å²) in [6.07, 6.45) is 4.99. The molecule has 0 aromatic carbocycles. The van der Waals surface area contributed by atoms with Gasteiger partial charge in [0.25, 0.3) is 0 Å². The maximum absolute atomic E-state index is 12.3. The minimum atomic E-state index is -0.109. The number of nitrogens with one attached hydrogen (secondary N) is 2. The summed E-state index contributed by atoms with van der Waals surface area (Å²) in [4.78, 5) is 28.3. The lowest BCUT2D eigenvalue weighted by Gasteiger charge is -2.27.